The fraction of sp³-hybridized carbons (Fsp3) is 0.429. The van der Waals surface area contributed by atoms with Crippen LogP contribution in [0.4, 0.5) is 4.39 Å². The Morgan fingerprint density at radius 3 is 2.79 bits per heavy atom. The number of rotatable bonds is 1. The van der Waals surface area contributed by atoms with E-state index >= 15 is 0 Å². The van der Waals surface area contributed by atoms with E-state index in [4.69, 9.17) is 0 Å². The Balaban J connectivity index is 2.23. The molecule has 5 heteroatoms. The van der Waals surface area contributed by atoms with Crippen LogP contribution >= 0.6 is 0 Å². The molecule has 0 radical (unpaired) electrons. The Bertz CT molecular complexity index is 516. The van der Waals surface area contributed by atoms with Gasteiger partial charge in [0, 0.05) is 20.1 Å². The molecular formula is C14H17FN2O2. The van der Waals surface area contributed by atoms with E-state index in [9.17, 15) is 14.0 Å². The van der Waals surface area contributed by atoms with Gasteiger partial charge in [0.15, 0.2) is 0 Å². The number of amides is 2. The molecule has 0 saturated carbocycles. The highest BCUT2D eigenvalue weighted by Crippen LogP contribution is 2.14. The van der Waals surface area contributed by atoms with Crippen molar-refractivity contribution >= 4 is 11.8 Å². The maximum Gasteiger partial charge on any atom is 0.257 e. The Hall–Kier alpha value is -1.91. The van der Waals surface area contributed by atoms with Gasteiger partial charge in [-0.05, 0) is 25.5 Å². The Morgan fingerprint density at radius 1 is 1.32 bits per heavy atom. The van der Waals surface area contributed by atoms with Gasteiger partial charge in [-0.3, -0.25) is 9.59 Å². The number of halogens is 1. The molecule has 102 valence electrons. The summed E-state index contributed by atoms with van der Waals surface area (Å²) in [6, 6.07) is 4.43. The zero-order chi connectivity index (χ0) is 14.0. The lowest BCUT2D eigenvalue weighted by atomic mass is 10.1. The third-order valence-electron chi connectivity index (χ3n) is 3.31. The second-order valence-electron chi connectivity index (χ2n) is 4.88. The number of likely N-dealkylation sites (N-methyl/N-ethyl adjacent to an activating group) is 1. The number of carbonyl (C=O) groups is 2. The zero-order valence-electron chi connectivity index (χ0n) is 11.1. The van der Waals surface area contributed by atoms with Crippen LogP contribution in [0.15, 0.2) is 18.2 Å². The number of benzene rings is 1. The first-order chi connectivity index (χ1) is 8.99. The summed E-state index contributed by atoms with van der Waals surface area (Å²) in [5.41, 5.74) is 0.861. The fourth-order valence-corrected chi connectivity index (χ4v) is 2.13. The molecule has 1 aromatic rings. The Kier molecular flexibility index (Phi) is 3.83. The summed E-state index contributed by atoms with van der Waals surface area (Å²) < 4.78 is 13.7. The Labute approximate surface area is 111 Å². The smallest absolute Gasteiger partial charge is 0.257 e. The molecule has 0 unspecified atom stereocenters. The van der Waals surface area contributed by atoms with Gasteiger partial charge in [0.05, 0.1) is 5.56 Å². The monoisotopic (exact) mass is 264 g/mol. The van der Waals surface area contributed by atoms with Gasteiger partial charge in [-0.25, -0.2) is 4.39 Å². The molecule has 1 heterocycles. The first-order valence-corrected chi connectivity index (χ1v) is 6.28. The molecule has 2 amide bonds. The van der Waals surface area contributed by atoms with Crippen LogP contribution in [0.5, 0.6) is 0 Å². The summed E-state index contributed by atoms with van der Waals surface area (Å²) in [7, 11) is 1.71. The summed E-state index contributed by atoms with van der Waals surface area (Å²) in [6.45, 7) is 2.92. The van der Waals surface area contributed by atoms with Crippen molar-refractivity contribution in [3.63, 3.8) is 0 Å². The lowest BCUT2D eigenvalue weighted by Crippen LogP contribution is -2.38. The largest absolute Gasteiger partial charge is 0.344 e. The van der Waals surface area contributed by atoms with E-state index in [-0.39, 0.29) is 18.0 Å². The zero-order valence-corrected chi connectivity index (χ0v) is 11.1. The predicted molar refractivity (Wildman–Crippen MR) is 69.3 cm³/mol. The third-order valence-corrected chi connectivity index (χ3v) is 3.31. The van der Waals surface area contributed by atoms with Crippen LogP contribution in [-0.4, -0.2) is 48.3 Å². The minimum Gasteiger partial charge on any atom is -0.344 e. The van der Waals surface area contributed by atoms with E-state index in [1.165, 1.54) is 17.0 Å². The topological polar surface area (TPSA) is 40.6 Å². The molecule has 4 nitrogen and oxygen atoms in total. The van der Waals surface area contributed by atoms with Crippen LogP contribution in [0.3, 0.4) is 0 Å². The fourth-order valence-electron chi connectivity index (χ4n) is 2.13. The molecule has 2 rings (SSSR count). The predicted octanol–water partition coefficient (Wildman–Crippen LogP) is 1.44. The van der Waals surface area contributed by atoms with E-state index in [0.29, 0.717) is 19.5 Å². The molecule has 0 atom stereocenters. The SMILES string of the molecule is Cc1ccc(F)c(C(=O)N2CCCN(C)C(=O)C2)c1. The van der Waals surface area contributed by atoms with Gasteiger partial charge >= 0.3 is 0 Å². The minimum atomic E-state index is -0.541. The molecular weight excluding hydrogens is 247 g/mol. The summed E-state index contributed by atoms with van der Waals surface area (Å²) in [6.07, 6.45) is 0.710. The molecule has 0 N–H and O–H groups in total. The van der Waals surface area contributed by atoms with E-state index in [1.54, 1.807) is 24.9 Å². The summed E-state index contributed by atoms with van der Waals surface area (Å²) in [4.78, 5) is 27.1. The van der Waals surface area contributed by atoms with Gasteiger partial charge in [-0.1, -0.05) is 11.6 Å². The van der Waals surface area contributed by atoms with Crippen molar-refractivity contribution in [3.8, 4) is 0 Å². The summed E-state index contributed by atoms with van der Waals surface area (Å²) in [5.74, 6) is -1.07. The molecule has 0 bridgehead atoms. The quantitative estimate of drug-likeness (QED) is 0.770. The van der Waals surface area contributed by atoms with Gasteiger partial charge in [0.2, 0.25) is 5.91 Å². The Morgan fingerprint density at radius 2 is 2.05 bits per heavy atom. The second-order valence-corrected chi connectivity index (χ2v) is 4.88. The molecule has 0 aromatic heterocycles. The maximum absolute atomic E-state index is 13.7. The van der Waals surface area contributed by atoms with Crippen molar-refractivity contribution in [1.29, 1.82) is 0 Å². The average Bonchev–Trinajstić information content (AvgIpc) is 2.54. The molecule has 19 heavy (non-hydrogen) atoms. The van der Waals surface area contributed by atoms with Gasteiger partial charge < -0.3 is 9.80 Å². The first kappa shape index (κ1) is 13.5. The van der Waals surface area contributed by atoms with Gasteiger partial charge in [0.25, 0.3) is 5.91 Å². The molecule has 1 aliphatic heterocycles. The minimum absolute atomic E-state index is 0.0166. The third kappa shape index (κ3) is 2.92. The lowest BCUT2D eigenvalue weighted by Gasteiger charge is -2.20. The molecule has 0 aliphatic carbocycles. The number of hydrogen-bond donors (Lipinski definition) is 0. The van der Waals surface area contributed by atoms with Crippen LogP contribution in [0.25, 0.3) is 0 Å². The van der Waals surface area contributed by atoms with Crippen molar-refractivity contribution in [1.82, 2.24) is 9.80 Å². The maximum atomic E-state index is 13.7. The molecule has 1 saturated heterocycles. The number of hydrogen-bond acceptors (Lipinski definition) is 2. The molecule has 1 fully saturated rings. The van der Waals surface area contributed by atoms with Gasteiger partial charge in [-0.2, -0.15) is 0 Å². The van der Waals surface area contributed by atoms with E-state index in [2.05, 4.69) is 0 Å². The molecule has 1 aliphatic rings. The van der Waals surface area contributed by atoms with Gasteiger partial charge in [-0.15, -0.1) is 0 Å². The van der Waals surface area contributed by atoms with Crippen molar-refractivity contribution in [2.24, 2.45) is 0 Å². The van der Waals surface area contributed by atoms with Crippen molar-refractivity contribution in [3.05, 3.63) is 35.1 Å². The highest BCUT2D eigenvalue weighted by Gasteiger charge is 2.25. The van der Waals surface area contributed by atoms with Crippen molar-refractivity contribution < 1.29 is 14.0 Å². The first-order valence-electron chi connectivity index (χ1n) is 6.28. The number of carbonyl (C=O) groups excluding carboxylic acids is 2. The summed E-state index contributed by atoms with van der Waals surface area (Å²) in [5, 5.41) is 0. The molecule has 1 aromatic carbocycles. The van der Waals surface area contributed by atoms with Crippen LogP contribution < -0.4 is 0 Å². The highest BCUT2D eigenvalue weighted by molar-refractivity contribution is 5.97. The molecule has 0 spiro atoms. The van der Waals surface area contributed by atoms with E-state index in [1.807, 2.05) is 0 Å². The van der Waals surface area contributed by atoms with E-state index in [0.717, 1.165) is 5.56 Å². The van der Waals surface area contributed by atoms with Crippen LogP contribution in [-0.2, 0) is 4.79 Å². The standard InChI is InChI=1S/C14H17FN2O2/c1-10-4-5-12(15)11(8-10)14(19)17-7-3-6-16(2)13(18)9-17/h4-5,8H,3,6-7,9H2,1-2H3. The number of nitrogens with zero attached hydrogens (tertiary/aromatic N) is 2. The van der Waals surface area contributed by atoms with Crippen LogP contribution in [0.2, 0.25) is 0 Å². The van der Waals surface area contributed by atoms with Crippen LogP contribution in [0, 0.1) is 12.7 Å². The normalized spacial score (nSPS) is 16.5. The van der Waals surface area contributed by atoms with Crippen molar-refractivity contribution in [2.45, 2.75) is 13.3 Å². The average molecular weight is 264 g/mol. The lowest BCUT2D eigenvalue weighted by molar-refractivity contribution is -0.129. The highest BCUT2D eigenvalue weighted by atomic mass is 19.1. The van der Waals surface area contributed by atoms with Crippen LogP contribution in [0.1, 0.15) is 22.3 Å². The number of aryl methyl sites for hydroxylation is 1. The second kappa shape index (κ2) is 5.38. The van der Waals surface area contributed by atoms with E-state index < -0.39 is 11.7 Å². The summed E-state index contributed by atoms with van der Waals surface area (Å²) >= 11 is 0. The van der Waals surface area contributed by atoms with Crippen molar-refractivity contribution in [2.75, 3.05) is 26.7 Å². The van der Waals surface area contributed by atoms with Gasteiger partial charge in [0.1, 0.15) is 12.4 Å².